The lowest BCUT2D eigenvalue weighted by Crippen LogP contribution is -2.26. The molecule has 0 aliphatic heterocycles. The summed E-state index contributed by atoms with van der Waals surface area (Å²) < 4.78 is 0. The number of H-pyrrole nitrogens is 2. The molecule has 0 amide bonds. The molecule has 0 saturated heterocycles. The van der Waals surface area contributed by atoms with Crippen LogP contribution in [-0.4, -0.2) is 9.97 Å². The first kappa shape index (κ1) is 29.9. The smallest absolute Gasteiger partial charge is 0.252 e. The monoisotopic (exact) mass is 476 g/mol. The molecule has 0 spiro atoms. The van der Waals surface area contributed by atoms with Crippen LogP contribution in [0.3, 0.4) is 0 Å². The Morgan fingerprint density at radius 1 is 0.657 bits per heavy atom. The maximum Gasteiger partial charge on any atom is 0.252 e. The Balaban J connectivity index is 0.000000307. The van der Waals surface area contributed by atoms with Gasteiger partial charge in [-0.25, -0.2) is 0 Å². The number of hydrogen-bond acceptors (Lipinski definition) is 2. The summed E-state index contributed by atoms with van der Waals surface area (Å²) in [6, 6.07) is 15.9. The Kier molecular flexibility index (Phi) is 11.2. The van der Waals surface area contributed by atoms with E-state index in [9.17, 15) is 9.59 Å². The number of aromatic nitrogens is 2. The highest BCUT2D eigenvalue weighted by Crippen LogP contribution is 2.26. The molecule has 0 unspecified atom stereocenters. The summed E-state index contributed by atoms with van der Waals surface area (Å²) >= 11 is 0. The molecule has 0 bridgehead atoms. The van der Waals surface area contributed by atoms with Gasteiger partial charge in [0.25, 0.3) is 11.1 Å². The van der Waals surface area contributed by atoms with Crippen LogP contribution in [0.4, 0.5) is 0 Å². The maximum absolute atomic E-state index is 12.0. The topological polar surface area (TPSA) is 65.7 Å². The first-order valence-electron chi connectivity index (χ1n) is 12.8. The van der Waals surface area contributed by atoms with E-state index in [1.54, 1.807) is 0 Å². The summed E-state index contributed by atoms with van der Waals surface area (Å²) in [6.45, 7) is 22.3. The lowest BCUT2D eigenvalue weighted by atomic mass is 9.84. The van der Waals surface area contributed by atoms with Crippen molar-refractivity contribution in [3.05, 3.63) is 91.5 Å². The Labute approximate surface area is 210 Å². The Hall–Kier alpha value is -3.14. The molecule has 0 saturated carbocycles. The van der Waals surface area contributed by atoms with E-state index in [0.29, 0.717) is 0 Å². The lowest BCUT2D eigenvalue weighted by molar-refractivity contribution is 0.579. The van der Waals surface area contributed by atoms with Crippen LogP contribution in [0.15, 0.2) is 58.1 Å². The third kappa shape index (κ3) is 6.94. The molecule has 4 heteroatoms. The van der Waals surface area contributed by atoms with Crippen molar-refractivity contribution in [1.82, 2.24) is 9.97 Å². The highest BCUT2D eigenvalue weighted by atomic mass is 16.1. The number of para-hydroxylation sites is 2. The number of benzene rings is 2. The van der Waals surface area contributed by atoms with Gasteiger partial charge in [0.15, 0.2) is 0 Å². The molecule has 2 N–H and O–H groups in total. The zero-order chi connectivity index (χ0) is 26.9. The van der Waals surface area contributed by atoms with E-state index in [0.717, 1.165) is 44.1 Å². The van der Waals surface area contributed by atoms with E-state index < -0.39 is 0 Å². The molecule has 4 nitrogen and oxygen atoms in total. The second-order valence-corrected chi connectivity index (χ2v) is 9.44. The molecule has 0 fully saturated rings. The zero-order valence-electron chi connectivity index (χ0n) is 23.5. The van der Waals surface area contributed by atoms with Gasteiger partial charge in [-0.1, -0.05) is 98.7 Å². The van der Waals surface area contributed by atoms with Crippen LogP contribution < -0.4 is 11.1 Å². The third-order valence-corrected chi connectivity index (χ3v) is 5.74. The van der Waals surface area contributed by atoms with Gasteiger partial charge in [-0.05, 0) is 48.4 Å². The minimum absolute atomic E-state index is 0.0312. The van der Waals surface area contributed by atoms with E-state index in [1.165, 1.54) is 0 Å². The number of fused-ring (bicyclic) bond motifs is 2. The van der Waals surface area contributed by atoms with Gasteiger partial charge in [-0.3, -0.25) is 9.59 Å². The molecular formula is C31H44N2O2. The van der Waals surface area contributed by atoms with Crippen LogP contribution in [0.2, 0.25) is 0 Å². The minimum atomic E-state index is -0.123. The number of aryl methyl sites for hydroxylation is 2. The average molecular weight is 477 g/mol. The van der Waals surface area contributed by atoms with E-state index in [4.69, 9.17) is 0 Å². The van der Waals surface area contributed by atoms with Crippen LogP contribution in [0.5, 0.6) is 0 Å². The number of nitrogens with one attached hydrogen (secondary N) is 2. The van der Waals surface area contributed by atoms with Gasteiger partial charge < -0.3 is 9.97 Å². The fraction of sp³-hybridized carbons (Fsp3) is 0.419. The second-order valence-electron chi connectivity index (χ2n) is 9.44. The van der Waals surface area contributed by atoms with Crippen LogP contribution in [0, 0.1) is 13.8 Å². The molecule has 190 valence electrons. The van der Waals surface area contributed by atoms with E-state index in [-0.39, 0.29) is 22.5 Å². The van der Waals surface area contributed by atoms with Crippen LogP contribution in [0.1, 0.15) is 90.5 Å². The van der Waals surface area contributed by atoms with Crippen molar-refractivity contribution in [1.29, 1.82) is 0 Å². The number of hydrogen-bond donors (Lipinski definition) is 2. The molecule has 0 aliphatic rings. The molecule has 4 aromatic rings. The van der Waals surface area contributed by atoms with Gasteiger partial charge in [-0.2, -0.15) is 0 Å². The maximum atomic E-state index is 12.0. The van der Waals surface area contributed by atoms with Crippen molar-refractivity contribution in [2.24, 2.45) is 0 Å². The molecular weight excluding hydrogens is 432 g/mol. The fourth-order valence-corrected chi connectivity index (χ4v) is 4.43. The predicted octanol–water partition coefficient (Wildman–Crippen LogP) is 8.15. The average Bonchev–Trinajstić information content (AvgIpc) is 2.81. The Morgan fingerprint density at radius 2 is 1.06 bits per heavy atom. The number of aromatic amines is 2. The van der Waals surface area contributed by atoms with E-state index in [1.807, 2.05) is 97.9 Å². The summed E-state index contributed by atoms with van der Waals surface area (Å²) in [5, 5.41) is 2.27. The summed E-state index contributed by atoms with van der Waals surface area (Å²) in [7, 11) is 0. The second kappa shape index (κ2) is 13.1. The van der Waals surface area contributed by atoms with Crippen LogP contribution in [-0.2, 0) is 5.41 Å². The standard InChI is InChI=1S/C14H17NO.C13H15NO.2C2H6/c1-9-10-7-5-6-8-11(10)15-13(16)12(9)14(2,3)4;1-8(2)12-9(3)10-6-4-5-7-11(10)14-13(12)15;2*1-2/h5-8H,1-4H3,(H,15,16);4-8H,1-3H3,(H,14,15);2*1-2H3. The molecule has 0 atom stereocenters. The van der Waals surface area contributed by atoms with Crippen molar-refractivity contribution in [2.45, 2.75) is 87.5 Å². The van der Waals surface area contributed by atoms with E-state index in [2.05, 4.69) is 36.8 Å². The summed E-state index contributed by atoms with van der Waals surface area (Å²) in [4.78, 5) is 29.8. The summed E-state index contributed by atoms with van der Waals surface area (Å²) in [5.74, 6) is 0.262. The Morgan fingerprint density at radius 3 is 1.49 bits per heavy atom. The third-order valence-electron chi connectivity index (χ3n) is 5.74. The number of pyridine rings is 2. The SMILES string of the molecule is CC.CC.Cc1c(C(C)(C)C)c(=O)[nH]c2ccccc12.Cc1c(C(C)C)c(=O)[nH]c2ccccc12. The highest BCUT2D eigenvalue weighted by molar-refractivity contribution is 5.83. The van der Waals surface area contributed by atoms with Gasteiger partial charge in [0.2, 0.25) is 0 Å². The van der Waals surface area contributed by atoms with Crippen molar-refractivity contribution in [3.63, 3.8) is 0 Å². The Bertz CT molecular complexity index is 1350. The molecule has 2 heterocycles. The first-order chi connectivity index (χ1) is 16.5. The molecule has 35 heavy (non-hydrogen) atoms. The quantitative estimate of drug-likeness (QED) is 0.291. The lowest BCUT2D eigenvalue weighted by Gasteiger charge is -2.21. The molecule has 2 aromatic carbocycles. The molecule has 0 radical (unpaired) electrons. The number of rotatable bonds is 1. The van der Waals surface area contributed by atoms with Crippen molar-refractivity contribution < 1.29 is 0 Å². The van der Waals surface area contributed by atoms with Crippen molar-refractivity contribution in [3.8, 4) is 0 Å². The van der Waals surface area contributed by atoms with Gasteiger partial charge >= 0.3 is 0 Å². The molecule has 4 rings (SSSR count). The van der Waals surface area contributed by atoms with Crippen LogP contribution in [0.25, 0.3) is 21.8 Å². The van der Waals surface area contributed by atoms with Gasteiger partial charge in [0, 0.05) is 32.9 Å². The predicted molar refractivity (Wildman–Crippen MR) is 154 cm³/mol. The van der Waals surface area contributed by atoms with Crippen LogP contribution >= 0.6 is 0 Å². The normalized spacial score (nSPS) is 10.6. The zero-order valence-corrected chi connectivity index (χ0v) is 23.5. The first-order valence-corrected chi connectivity index (χ1v) is 12.8. The highest BCUT2D eigenvalue weighted by Gasteiger charge is 2.21. The molecule has 2 aromatic heterocycles. The minimum Gasteiger partial charge on any atom is -0.322 e. The van der Waals surface area contributed by atoms with E-state index >= 15 is 0 Å². The largest absolute Gasteiger partial charge is 0.322 e. The summed E-state index contributed by atoms with van der Waals surface area (Å²) in [6.07, 6.45) is 0. The van der Waals surface area contributed by atoms with Gasteiger partial charge in [-0.15, -0.1) is 0 Å². The van der Waals surface area contributed by atoms with Gasteiger partial charge in [0.1, 0.15) is 0 Å². The fourth-order valence-electron chi connectivity index (χ4n) is 4.43. The van der Waals surface area contributed by atoms with Gasteiger partial charge in [0.05, 0.1) is 0 Å². The molecule has 0 aliphatic carbocycles. The summed E-state index contributed by atoms with van der Waals surface area (Å²) in [5.41, 5.74) is 5.75. The van der Waals surface area contributed by atoms with Crippen molar-refractivity contribution in [2.75, 3.05) is 0 Å². The van der Waals surface area contributed by atoms with Crippen molar-refractivity contribution >= 4 is 21.8 Å².